The van der Waals surface area contributed by atoms with Gasteiger partial charge in [-0.1, -0.05) is 36.4 Å². The highest BCUT2D eigenvalue weighted by molar-refractivity contribution is 7.10. The van der Waals surface area contributed by atoms with Crippen LogP contribution in [0.3, 0.4) is 0 Å². The fraction of sp³-hybridized carbons (Fsp3) is 0.455. The third kappa shape index (κ3) is 4.59. The monoisotopic (exact) mass is 382 g/mol. The van der Waals surface area contributed by atoms with Gasteiger partial charge in [0.25, 0.3) is 0 Å². The molecule has 0 unspecified atom stereocenters. The molecule has 4 rings (SSSR count). The van der Waals surface area contributed by atoms with E-state index in [0.717, 1.165) is 29.8 Å². The molecule has 1 aliphatic carbocycles. The van der Waals surface area contributed by atoms with E-state index in [9.17, 15) is 9.59 Å². The lowest BCUT2D eigenvalue weighted by Crippen LogP contribution is -2.47. The zero-order chi connectivity index (χ0) is 18.6. The summed E-state index contributed by atoms with van der Waals surface area (Å²) < 4.78 is 0. The average Bonchev–Trinajstić information content (AvgIpc) is 3.41. The van der Waals surface area contributed by atoms with Gasteiger partial charge < -0.3 is 10.2 Å². The quantitative estimate of drug-likeness (QED) is 0.826. The summed E-state index contributed by atoms with van der Waals surface area (Å²) >= 11 is 1.61. The zero-order valence-electron chi connectivity index (χ0n) is 15.5. The van der Waals surface area contributed by atoms with Crippen LogP contribution in [0.4, 0.5) is 0 Å². The molecule has 2 aliphatic rings. The molecule has 2 heterocycles. The molecular formula is C22H26N2O2S. The van der Waals surface area contributed by atoms with Crippen LogP contribution in [0.2, 0.25) is 0 Å². The SMILES string of the molecule is O=C(NCC1CC1)[C@H]1CC[C@H](c2ccccc2)N(C(=O)Cc2cccs2)C1. The highest BCUT2D eigenvalue weighted by Crippen LogP contribution is 2.34. The number of piperidine rings is 1. The van der Waals surface area contributed by atoms with Crippen molar-refractivity contribution < 1.29 is 9.59 Å². The van der Waals surface area contributed by atoms with Crippen molar-refractivity contribution in [3.05, 3.63) is 58.3 Å². The van der Waals surface area contributed by atoms with Gasteiger partial charge in [0.15, 0.2) is 0 Å². The molecule has 4 nitrogen and oxygen atoms in total. The smallest absolute Gasteiger partial charge is 0.228 e. The Morgan fingerprint density at radius 3 is 2.56 bits per heavy atom. The van der Waals surface area contributed by atoms with Gasteiger partial charge in [-0.2, -0.15) is 0 Å². The third-order valence-corrected chi connectivity index (χ3v) is 6.50. The first-order chi connectivity index (χ1) is 13.2. The molecule has 1 aromatic heterocycles. The minimum Gasteiger partial charge on any atom is -0.356 e. The molecule has 2 amide bonds. The molecule has 1 saturated heterocycles. The van der Waals surface area contributed by atoms with E-state index >= 15 is 0 Å². The van der Waals surface area contributed by atoms with Gasteiger partial charge in [-0.05, 0) is 48.6 Å². The molecule has 142 valence electrons. The van der Waals surface area contributed by atoms with Crippen LogP contribution in [0, 0.1) is 11.8 Å². The Balaban J connectivity index is 1.48. The summed E-state index contributed by atoms with van der Waals surface area (Å²) in [6.07, 6.45) is 4.54. The number of rotatable bonds is 6. The van der Waals surface area contributed by atoms with Gasteiger partial charge in [0.1, 0.15) is 0 Å². The molecule has 2 fully saturated rings. The molecule has 27 heavy (non-hydrogen) atoms. The van der Waals surface area contributed by atoms with E-state index in [4.69, 9.17) is 0 Å². The number of thiophene rings is 1. The second-order valence-corrected chi connectivity index (χ2v) is 8.72. The van der Waals surface area contributed by atoms with E-state index in [1.54, 1.807) is 11.3 Å². The van der Waals surface area contributed by atoms with Crippen LogP contribution in [0.25, 0.3) is 0 Å². The zero-order valence-corrected chi connectivity index (χ0v) is 16.3. The topological polar surface area (TPSA) is 49.4 Å². The van der Waals surface area contributed by atoms with Gasteiger partial charge >= 0.3 is 0 Å². The molecule has 2 atom stereocenters. The van der Waals surface area contributed by atoms with Gasteiger partial charge in [-0.3, -0.25) is 9.59 Å². The van der Waals surface area contributed by atoms with E-state index < -0.39 is 0 Å². The maximum Gasteiger partial charge on any atom is 0.228 e. The summed E-state index contributed by atoms with van der Waals surface area (Å²) in [5.74, 6) is 0.801. The number of nitrogens with one attached hydrogen (secondary N) is 1. The standard InChI is InChI=1S/C22H26N2O2S/c25-21(13-19-7-4-12-27-19)24-15-18(22(26)23-14-16-8-9-16)10-11-20(24)17-5-2-1-3-6-17/h1-7,12,16,18,20H,8-11,13-15H2,(H,23,26)/t18-,20+/m0/s1. The maximum atomic E-state index is 13.1. The van der Waals surface area contributed by atoms with E-state index in [1.807, 2.05) is 40.6 Å². The summed E-state index contributed by atoms with van der Waals surface area (Å²) in [5.41, 5.74) is 1.16. The van der Waals surface area contributed by atoms with Crippen LogP contribution in [0.15, 0.2) is 47.8 Å². The predicted octanol–water partition coefficient (Wildman–Crippen LogP) is 3.80. The van der Waals surface area contributed by atoms with Gasteiger partial charge in [-0.15, -0.1) is 11.3 Å². The van der Waals surface area contributed by atoms with Crippen molar-refractivity contribution in [1.29, 1.82) is 0 Å². The molecule has 0 radical (unpaired) electrons. The van der Waals surface area contributed by atoms with Gasteiger partial charge in [0, 0.05) is 18.0 Å². The largest absolute Gasteiger partial charge is 0.356 e. The lowest BCUT2D eigenvalue weighted by Gasteiger charge is -2.39. The summed E-state index contributed by atoms with van der Waals surface area (Å²) in [4.78, 5) is 28.7. The van der Waals surface area contributed by atoms with Crippen LogP contribution in [-0.2, 0) is 16.0 Å². The lowest BCUT2D eigenvalue weighted by atomic mass is 9.88. The van der Waals surface area contributed by atoms with Gasteiger partial charge in [0.05, 0.1) is 18.4 Å². The summed E-state index contributed by atoms with van der Waals surface area (Å²) in [7, 11) is 0. The Bertz CT molecular complexity index is 771. The van der Waals surface area contributed by atoms with Crippen LogP contribution < -0.4 is 5.32 Å². The van der Waals surface area contributed by atoms with Crippen molar-refractivity contribution in [3.63, 3.8) is 0 Å². The Morgan fingerprint density at radius 1 is 1.04 bits per heavy atom. The fourth-order valence-corrected chi connectivity index (χ4v) is 4.55. The number of hydrogen-bond donors (Lipinski definition) is 1. The normalized spacial score (nSPS) is 22.4. The highest BCUT2D eigenvalue weighted by atomic mass is 32.1. The summed E-state index contributed by atoms with van der Waals surface area (Å²) in [6.45, 7) is 1.31. The number of hydrogen-bond acceptors (Lipinski definition) is 3. The minimum atomic E-state index is -0.101. The van der Waals surface area contributed by atoms with Crippen LogP contribution in [0.5, 0.6) is 0 Å². The molecule has 1 N–H and O–H groups in total. The molecule has 0 bridgehead atoms. The number of likely N-dealkylation sites (tertiary alicyclic amines) is 1. The Hall–Kier alpha value is -2.14. The molecule has 1 aliphatic heterocycles. The van der Waals surface area contributed by atoms with Crippen molar-refractivity contribution >= 4 is 23.2 Å². The van der Waals surface area contributed by atoms with Crippen molar-refractivity contribution in [3.8, 4) is 0 Å². The number of carbonyl (C=O) groups is 2. The van der Waals surface area contributed by atoms with Crippen LogP contribution in [-0.4, -0.2) is 29.8 Å². The lowest BCUT2D eigenvalue weighted by molar-refractivity contribution is -0.138. The van der Waals surface area contributed by atoms with Crippen molar-refractivity contribution in [1.82, 2.24) is 10.2 Å². The van der Waals surface area contributed by atoms with Gasteiger partial charge in [0.2, 0.25) is 11.8 Å². The summed E-state index contributed by atoms with van der Waals surface area (Å²) in [5, 5.41) is 5.10. The van der Waals surface area contributed by atoms with E-state index in [0.29, 0.717) is 18.9 Å². The first-order valence-corrected chi connectivity index (χ1v) is 10.7. The third-order valence-electron chi connectivity index (χ3n) is 5.62. The molecule has 5 heteroatoms. The van der Waals surface area contributed by atoms with E-state index in [2.05, 4.69) is 17.4 Å². The first-order valence-electron chi connectivity index (χ1n) is 9.85. The number of benzene rings is 1. The Kier molecular flexibility index (Phi) is 5.58. The van der Waals surface area contributed by atoms with Crippen LogP contribution in [0.1, 0.15) is 42.2 Å². The van der Waals surface area contributed by atoms with Crippen molar-refractivity contribution in [2.45, 2.75) is 38.1 Å². The second kappa shape index (κ2) is 8.26. The summed E-state index contributed by atoms with van der Waals surface area (Å²) in [6, 6.07) is 14.3. The molecule has 2 aromatic rings. The maximum absolute atomic E-state index is 13.1. The second-order valence-electron chi connectivity index (χ2n) is 7.69. The number of amides is 2. The first kappa shape index (κ1) is 18.2. The van der Waals surface area contributed by atoms with E-state index in [-0.39, 0.29) is 23.8 Å². The number of carbonyl (C=O) groups excluding carboxylic acids is 2. The Morgan fingerprint density at radius 2 is 1.85 bits per heavy atom. The molecular weight excluding hydrogens is 356 g/mol. The van der Waals surface area contributed by atoms with Crippen molar-refractivity contribution in [2.75, 3.05) is 13.1 Å². The molecule has 1 aromatic carbocycles. The fourth-order valence-electron chi connectivity index (χ4n) is 3.86. The highest BCUT2D eigenvalue weighted by Gasteiger charge is 2.35. The number of nitrogens with zero attached hydrogens (tertiary/aromatic N) is 1. The molecule has 1 saturated carbocycles. The molecule has 0 spiro atoms. The minimum absolute atomic E-state index is 0.0612. The van der Waals surface area contributed by atoms with Crippen molar-refractivity contribution in [2.24, 2.45) is 11.8 Å². The van der Waals surface area contributed by atoms with Gasteiger partial charge in [-0.25, -0.2) is 0 Å². The average molecular weight is 383 g/mol. The van der Waals surface area contributed by atoms with E-state index in [1.165, 1.54) is 12.8 Å². The predicted molar refractivity (Wildman–Crippen MR) is 107 cm³/mol. The van der Waals surface area contributed by atoms with Crippen LogP contribution >= 0.6 is 11.3 Å². The Labute approximate surface area is 164 Å².